The molecule has 374 valence electrons. The van der Waals surface area contributed by atoms with Gasteiger partial charge in [-0.2, -0.15) is 0 Å². The van der Waals surface area contributed by atoms with Gasteiger partial charge in [0.25, 0.3) is 0 Å². The van der Waals surface area contributed by atoms with Gasteiger partial charge >= 0.3 is 11.9 Å². The summed E-state index contributed by atoms with van der Waals surface area (Å²) in [5.74, 6) is -5.39. The highest BCUT2D eigenvalue weighted by molar-refractivity contribution is 5.74. The lowest BCUT2D eigenvalue weighted by molar-refractivity contribution is -0.306. The summed E-state index contributed by atoms with van der Waals surface area (Å²) in [6.07, 6.45) is 6.24. The second-order valence-corrected chi connectivity index (χ2v) is 17.5. The van der Waals surface area contributed by atoms with Crippen LogP contribution in [0.3, 0.4) is 0 Å². The predicted molar refractivity (Wildman–Crippen MR) is 241 cm³/mol. The van der Waals surface area contributed by atoms with E-state index in [4.69, 9.17) is 29.4 Å². The fraction of sp³-hybridized carbons (Fsp3) is 0.667. The van der Waals surface area contributed by atoms with Crippen LogP contribution >= 0.6 is 0 Å². The molecule has 0 aromatic carbocycles. The first-order chi connectivity index (χ1) is 31.3. The standard InChI is InChI=1S/C48H75NO17/c1-4-21-62-46(60)43-39(56)28-48(61)27-34(52)24-38(55)36(53)20-19-32(50)23-33(51)25-42(58)64-31(3)22-37(54)30(2)17-15-13-11-9-7-5-6-8-10-12-14-16-18-35(26-41(43)66-48)65-47-45(59)44(49)40(57)29-63-47/h5-18,30-41,43-45,47,50-57,59,61H,4,19-29,49H2,1-3H3/b6-5+,9-7+,10-8+,13-11+,14-12+,17-15+,18-16+/t30-,31-,32+,33?,34?,35?,36?,37-,38?,39-,40+,41-,43+,44-,45+,47-,48?/m0/s1. The average Bonchev–Trinajstić information content (AvgIpc) is 3.23. The van der Waals surface area contributed by atoms with E-state index in [1.807, 2.05) is 37.3 Å². The van der Waals surface area contributed by atoms with Gasteiger partial charge in [-0.1, -0.05) is 98.9 Å². The molecule has 6 unspecified atom stereocenters. The fourth-order valence-electron chi connectivity index (χ4n) is 7.77. The molecule has 0 amide bonds. The van der Waals surface area contributed by atoms with Gasteiger partial charge in [0.2, 0.25) is 0 Å². The Bertz CT molecular complexity index is 1650. The number of hydrogen-bond acceptors (Lipinski definition) is 18. The molecule has 18 nitrogen and oxygen atoms in total. The van der Waals surface area contributed by atoms with Gasteiger partial charge in [-0.15, -0.1) is 0 Å². The van der Waals surface area contributed by atoms with Crippen molar-refractivity contribution in [3.8, 4) is 0 Å². The minimum atomic E-state index is -2.27. The maximum absolute atomic E-state index is 13.4. The number of rotatable bonds is 5. The smallest absolute Gasteiger partial charge is 0.314 e. The largest absolute Gasteiger partial charge is 0.465 e. The third-order valence-corrected chi connectivity index (χ3v) is 11.5. The van der Waals surface area contributed by atoms with E-state index in [0.29, 0.717) is 6.42 Å². The quantitative estimate of drug-likeness (QED) is 0.171. The third kappa shape index (κ3) is 20.4. The first-order valence-corrected chi connectivity index (χ1v) is 22.9. The topological polar surface area (TPSA) is 309 Å². The van der Waals surface area contributed by atoms with Crippen LogP contribution in [-0.2, 0) is 33.3 Å². The number of hydrogen-bond donors (Lipinski definition) is 11. The van der Waals surface area contributed by atoms with E-state index in [1.54, 1.807) is 68.5 Å². The Morgan fingerprint density at radius 1 is 0.712 bits per heavy atom. The lowest BCUT2D eigenvalue weighted by Crippen LogP contribution is -2.59. The molecule has 18 heteroatoms. The van der Waals surface area contributed by atoms with Crippen LogP contribution in [0.1, 0.15) is 85.0 Å². The maximum Gasteiger partial charge on any atom is 0.314 e. The number of allylic oxidation sites excluding steroid dienone is 12. The molecule has 12 N–H and O–H groups in total. The number of ether oxygens (including phenoxy) is 5. The average molecular weight is 938 g/mol. The molecular formula is C48H75NO17. The van der Waals surface area contributed by atoms with Gasteiger partial charge in [0.05, 0.1) is 86.7 Å². The monoisotopic (exact) mass is 938 g/mol. The molecule has 0 saturated carbocycles. The molecule has 0 aromatic heterocycles. The van der Waals surface area contributed by atoms with Crippen LogP contribution in [-0.4, -0.2) is 168 Å². The van der Waals surface area contributed by atoms with Crippen LogP contribution in [0.25, 0.3) is 0 Å². The van der Waals surface area contributed by atoms with Crippen LogP contribution in [0.5, 0.6) is 0 Å². The van der Waals surface area contributed by atoms with Crippen molar-refractivity contribution < 1.29 is 84.3 Å². The molecule has 0 radical (unpaired) electrons. The van der Waals surface area contributed by atoms with Crippen molar-refractivity contribution in [3.05, 3.63) is 85.1 Å². The molecule has 3 aliphatic heterocycles. The van der Waals surface area contributed by atoms with Gasteiger partial charge in [-0.05, 0) is 32.6 Å². The Kier molecular flexibility index (Phi) is 25.4. The number of aliphatic hydroxyl groups excluding tert-OH is 9. The number of fused-ring (bicyclic) bond motifs is 2. The van der Waals surface area contributed by atoms with Gasteiger partial charge < -0.3 is 80.5 Å². The molecule has 66 heavy (non-hydrogen) atoms. The van der Waals surface area contributed by atoms with Crippen molar-refractivity contribution in [2.45, 2.75) is 176 Å². The molecule has 2 bridgehead atoms. The molecule has 0 spiro atoms. The molecule has 2 fully saturated rings. The van der Waals surface area contributed by atoms with E-state index >= 15 is 0 Å². The molecule has 3 heterocycles. The van der Waals surface area contributed by atoms with Crippen molar-refractivity contribution in [1.82, 2.24) is 0 Å². The summed E-state index contributed by atoms with van der Waals surface area (Å²) in [4.78, 5) is 25.9. The Balaban J connectivity index is 1.88. The Hall–Kier alpha value is -3.44. The molecule has 0 aliphatic carbocycles. The highest BCUT2D eigenvalue weighted by atomic mass is 16.7. The minimum absolute atomic E-state index is 0.0377. The molecule has 3 rings (SSSR count). The van der Waals surface area contributed by atoms with Gasteiger partial charge in [-0.3, -0.25) is 9.59 Å². The number of nitrogens with two attached hydrogens (primary N) is 1. The second kappa shape index (κ2) is 29.4. The summed E-state index contributed by atoms with van der Waals surface area (Å²) in [5.41, 5.74) is 5.99. The third-order valence-electron chi connectivity index (χ3n) is 11.5. The van der Waals surface area contributed by atoms with Crippen molar-refractivity contribution in [2.75, 3.05) is 13.2 Å². The second-order valence-electron chi connectivity index (χ2n) is 17.5. The van der Waals surface area contributed by atoms with E-state index in [0.717, 1.165) is 0 Å². The summed E-state index contributed by atoms with van der Waals surface area (Å²) in [6, 6.07) is -1.11. The maximum atomic E-state index is 13.4. The van der Waals surface area contributed by atoms with Crippen molar-refractivity contribution in [2.24, 2.45) is 17.6 Å². The van der Waals surface area contributed by atoms with E-state index in [9.17, 15) is 60.7 Å². The molecule has 0 aromatic rings. The summed E-state index contributed by atoms with van der Waals surface area (Å²) in [7, 11) is 0. The zero-order chi connectivity index (χ0) is 48.8. The minimum Gasteiger partial charge on any atom is -0.465 e. The van der Waals surface area contributed by atoms with Crippen molar-refractivity contribution in [3.63, 3.8) is 0 Å². The normalized spacial score (nSPS) is 42.7. The first kappa shape index (κ1) is 56.9. The number of cyclic esters (lactones) is 1. The SMILES string of the molecule is CCCOC(=O)[C@H]1[C@@H]2CC(O[C@@H]3OC[C@@H](O)[C@H](N)[C@H]3O)/C=C/C=C/C=C/C=C/C=C/C=C/C=C/[C@H](C)[C@@H](O)C[C@H](C)OC(=O)CC(O)C[C@H](O)CCC(O)C(O)CC(O)CC(O)(C[C@@H]1O)O2. The Morgan fingerprint density at radius 3 is 1.94 bits per heavy atom. The van der Waals surface area contributed by atoms with Gasteiger partial charge in [0.1, 0.15) is 18.1 Å². The fourth-order valence-corrected chi connectivity index (χ4v) is 7.77. The lowest BCUT2D eigenvalue weighted by atomic mass is 9.82. The Labute approximate surface area is 387 Å². The van der Waals surface area contributed by atoms with E-state index in [1.165, 1.54) is 0 Å². The van der Waals surface area contributed by atoms with Gasteiger partial charge in [0.15, 0.2) is 12.1 Å². The summed E-state index contributed by atoms with van der Waals surface area (Å²) >= 11 is 0. The van der Waals surface area contributed by atoms with Crippen molar-refractivity contribution >= 4 is 11.9 Å². The van der Waals surface area contributed by atoms with Crippen LogP contribution < -0.4 is 5.73 Å². The van der Waals surface area contributed by atoms with E-state index in [2.05, 4.69) is 0 Å². The first-order valence-electron chi connectivity index (χ1n) is 22.9. The molecule has 3 aliphatic rings. The summed E-state index contributed by atoms with van der Waals surface area (Å²) in [5, 5.41) is 108. The molecular weight excluding hydrogens is 863 g/mol. The number of carbonyl (C=O) groups is 2. The van der Waals surface area contributed by atoms with Crippen LogP contribution in [0.15, 0.2) is 85.1 Å². The van der Waals surface area contributed by atoms with Gasteiger partial charge in [0, 0.05) is 38.0 Å². The van der Waals surface area contributed by atoms with Crippen LogP contribution in [0, 0.1) is 11.8 Å². The van der Waals surface area contributed by atoms with E-state index in [-0.39, 0.29) is 51.2 Å². The van der Waals surface area contributed by atoms with Gasteiger partial charge in [-0.25, -0.2) is 0 Å². The van der Waals surface area contributed by atoms with Crippen molar-refractivity contribution in [1.29, 1.82) is 0 Å². The number of carbonyl (C=O) groups excluding carboxylic acids is 2. The molecule has 2 saturated heterocycles. The lowest BCUT2D eigenvalue weighted by Gasteiger charge is -2.45. The predicted octanol–water partition coefficient (Wildman–Crippen LogP) is 0.946. The highest BCUT2D eigenvalue weighted by Crippen LogP contribution is 2.38. The van der Waals surface area contributed by atoms with Crippen LogP contribution in [0.4, 0.5) is 0 Å². The zero-order valence-electron chi connectivity index (χ0n) is 38.2. The number of aliphatic hydroxyl groups is 10. The zero-order valence-corrected chi connectivity index (χ0v) is 38.2. The molecule has 17 atom stereocenters. The van der Waals surface area contributed by atoms with Crippen LogP contribution in [0.2, 0.25) is 0 Å². The number of esters is 2. The summed E-state index contributed by atoms with van der Waals surface area (Å²) < 4.78 is 28.5. The Morgan fingerprint density at radius 2 is 1.32 bits per heavy atom. The van der Waals surface area contributed by atoms with E-state index < -0.39 is 135 Å². The summed E-state index contributed by atoms with van der Waals surface area (Å²) in [6.45, 7) is 5.04. The highest BCUT2D eigenvalue weighted by Gasteiger charge is 2.51.